The number of benzene rings is 2. The average Bonchev–Trinajstić information content (AvgIpc) is 2.69. The van der Waals surface area contributed by atoms with E-state index in [0.29, 0.717) is 12.2 Å². The number of hydrogen-bond acceptors (Lipinski definition) is 3. The van der Waals surface area contributed by atoms with Crippen molar-refractivity contribution < 1.29 is 9.53 Å². The number of ether oxygens (including phenoxy) is 1. The van der Waals surface area contributed by atoms with Gasteiger partial charge in [0.1, 0.15) is 5.75 Å². The van der Waals surface area contributed by atoms with E-state index in [1.807, 2.05) is 54.6 Å². The minimum Gasteiger partial charge on any atom is -0.493 e. The molecular weight excluding hydrogens is 392 g/mol. The van der Waals surface area contributed by atoms with Crippen LogP contribution in [-0.4, -0.2) is 17.5 Å². The molecule has 1 aromatic heterocycles. The molecule has 0 unspecified atom stereocenters. The lowest BCUT2D eigenvalue weighted by Gasteiger charge is -2.27. The Hall–Kier alpha value is -2.66. The molecule has 4 nitrogen and oxygen atoms in total. The van der Waals surface area contributed by atoms with Crippen LogP contribution < -0.4 is 10.1 Å². The number of rotatable bonds is 3. The summed E-state index contributed by atoms with van der Waals surface area (Å²) in [6.45, 7) is 0.598. The molecule has 1 aliphatic rings. The highest BCUT2D eigenvalue weighted by Gasteiger charge is 2.23. The molecule has 0 fully saturated rings. The summed E-state index contributed by atoms with van der Waals surface area (Å²) < 4.78 is 6.66. The molecule has 4 rings (SSSR count). The zero-order valence-electron chi connectivity index (χ0n) is 14.0. The van der Waals surface area contributed by atoms with Gasteiger partial charge in [-0.2, -0.15) is 0 Å². The molecule has 0 saturated heterocycles. The monoisotopic (exact) mass is 408 g/mol. The van der Waals surface area contributed by atoms with Crippen molar-refractivity contribution in [1.29, 1.82) is 0 Å². The van der Waals surface area contributed by atoms with Crippen LogP contribution in [-0.2, 0) is 0 Å². The average molecular weight is 409 g/mol. The molecule has 1 atom stereocenters. The number of hydrogen-bond donors (Lipinski definition) is 1. The summed E-state index contributed by atoms with van der Waals surface area (Å²) in [5.41, 5.74) is 3.79. The second kappa shape index (κ2) is 7.30. The molecule has 1 amide bonds. The molecule has 5 heteroatoms. The van der Waals surface area contributed by atoms with Crippen LogP contribution in [0.3, 0.4) is 0 Å². The Morgan fingerprint density at radius 2 is 1.77 bits per heavy atom. The van der Waals surface area contributed by atoms with E-state index in [-0.39, 0.29) is 11.9 Å². The largest absolute Gasteiger partial charge is 0.493 e. The third-order valence-corrected chi connectivity index (χ3v) is 4.97. The Kier molecular flexibility index (Phi) is 4.71. The van der Waals surface area contributed by atoms with E-state index < -0.39 is 0 Å². The van der Waals surface area contributed by atoms with Crippen molar-refractivity contribution in [3.63, 3.8) is 0 Å². The molecule has 0 bridgehead atoms. The third kappa shape index (κ3) is 3.48. The summed E-state index contributed by atoms with van der Waals surface area (Å²) in [5, 5.41) is 3.13. The highest BCUT2D eigenvalue weighted by atomic mass is 79.9. The van der Waals surface area contributed by atoms with Crippen molar-refractivity contribution in [1.82, 2.24) is 10.3 Å². The van der Waals surface area contributed by atoms with Crippen LogP contribution >= 0.6 is 15.9 Å². The molecule has 0 aliphatic carbocycles. The van der Waals surface area contributed by atoms with Gasteiger partial charge in [-0.3, -0.25) is 9.78 Å². The normalized spacial score (nSPS) is 15.7. The highest BCUT2D eigenvalue weighted by molar-refractivity contribution is 9.10. The van der Waals surface area contributed by atoms with E-state index in [4.69, 9.17) is 4.74 Å². The molecule has 1 N–H and O–H groups in total. The van der Waals surface area contributed by atoms with Crippen molar-refractivity contribution in [3.05, 3.63) is 82.6 Å². The molecule has 1 aliphatic heterocycles. The van der Waals surface area contributed by atoms with Crippen molar-refractivity contribution in [2.75, 3.05) is 6.61 Å². The highest BCUT2D eigenvalue weighted by Crippen LogP contribution is 2.34. The molecule has 130 valence electrons. The fourth-order valence-corrected chi connectivity index (χ4v) is 3.49. The van der Waals surface area contributed by atoms with E-state index in [1.54, 1.807) is 12.4 Å². The summed E-state index contributed by atoms with van der Waals surface area (Å²) in [7, 11) is 0. The maximum Gasteiger partial charge on any atom is 0.251 e. The first-order valence-electron chi connectivity index (χ1n) is 8.44. The zero-order valence-corrected chi connectivity index (χ0v) is 15.6. The Morgan fingerprint density at radius 1 is 1.04 bits per heavy atom. The first-order valence-corrected chi connectivity index (χ1v) is 9.23. The SMILES string of the molecule is O=C(N[C@H]1CCOc2ccc(Br)cc21)c1ccc(-c2ccncc2)cc1. The summed E-state index contributed by atoms with van der Waals surface area (Å²) in [4.78, 5) is 16.7. The summed E-state index contributed by atoms with van der Waals surface area (Å²) in [6.07, 6.45) is 4.28. The number of carbonyl (C=O) groups is 1. The number of carbonyl (C=O) groups excluding carboxylic acids is 1. The third-order valence-electron chi connectivity index (χ3n) is 4.48. The van der Waals surface area contributed by atoms with Crippen molar-refractivity contribution >= 4 is 21.8 Å². The van der Waals surface area contributed by atoms with Crippen LogP contribution in [0.5, 0.6) is 5.75 Å². The van der Waals surface area contributed by atoms with Gasteiger partial charge in [0.2, 0.25) is 0 Å². The van der Waals surface area contributed by atoms with Gasteiger partial charge >= 0.3 is 0 Å². The zero-order chi connectivity index (χ0) is 17.9. The van der Waals surface area contributed by atoms with Crippen LogP contribution in [0.4, 0.5) is 0 Å². The molecule has 0 radical (unpaired) electrons. The smallest absolute Gasteiger partial charge is 0.251 e. The Morgan fingerprint density at radius 3 is 2.54 bits per heavy atom. The number of halogens is 1. The van der Waals surface area contributed by atoms with Crippen LogP contribution in [0.25, 0.3) is 11.1 Å². The lowest BCUT2D eigenvalue weighted by Crippen LogP contribution is -2.32. The van der Waals surface area contributed by atoms with Gasteiger partial charge in [0, 0.05) is 34.4 Å². The summed E-state index contributed by atoms with van der Waals surface area (Å²) in [5.74, 6) is 0.752. The van der Waals surface area contributed by atoms with E-state index in [2.05, 4.69) is 26.2 Å². The Balaban J connectivity index is 1.52. The quantitative estimate of drug-likeness (QED) is 0.679. The van der Waals surface area contributed by atoms with E-state index in [1.165, 1.54) is 0 Å². The van der Waals surface area contributed by atoms with Gasteiger partial charge in [-0.05, 0) is 53.6 Å². The molecule has 2 aromatic carbocycles. The van der Waals surface area contributed by atoms with E-state index >= 15 is 0 Å². The Bertz CT molecular complexity index is 927. The van der Waals surface area contributed by atoms with Gasteiger partial charge in [-0.15, -0.1) is 0 Å². The molecule has 2 heterocycles. The first-order chi connectivity index (χ1) is 12.7. The molecule has 0 spiro atoms. The van der Waals surface area contributed by atoms with E-state index in [0.717, 1.165) is 33.3 Å². The molecule has 26 heavy (non-hydrogen) atoms. The lowest BCUT2D eigenvalue weighted by molar-refractivity contribution is 0.0925. The number of nitrogens with zero attached hydrogens (tertiary/aromatic N) is 1. The van der Waals surface area contributed by atoms with Gasteiger partial charge in [-0.1, -0.05) is 28.1 Å². The van der Waals surface area contributed by atoms with Crippen molar-refractivity contribution in [3.8, 4) is 16.9 Å². The van der Waals surface area contributed by atoms with E-state index in [9.17, 15) is 4.79 Å². The van der Waals surface area contributed by atoms with Gasteiger partial charge < -0.3 is 10.1 Å². The Labute approximate surface area is 160 Å². The van der Waals surface area contributed by atoms with Crippen LogP contribution in [0.1, 0.15) is 28.4 Å². The number of pyridine rings is 1. The predicted molar refractivity (Wildman–Crippen MR) is 104 cm³/mol. The number of amides is 1. The number of fused-ring (bicyclic) bond motifs is 1. The maximum atomic E-state index is 12.7. The summed E-state index contributed by atoms with van der Waals surface area (Å²) in [6, 6.07) is 17.4. The van der Waals surface area contributed by atoms with Crippen LogP contribution in [0.15, 0.2) is 71.5 Å². The number of nitrogens with one attached hydrogen (secondary N) is 1. The lowest BCUT2D eigenvalue weighted by atomic mass is 9.99. The minimum atomic E-state index is -0.0795. The second-order valence-corrected chi connectivity index (χ2v) is 7.07. The maximum absolute atomic E-state index is 12.7. The van der Waals surface area contributed by atoms with Crippen LogP contribution in [0, 0.1) is 0 Å². The van der Waals surface area contributed by atoms with Gasteiger partial charge in [0.05, 0.1) is 12.6 Å². The fraction of sp³-hybridized carbons (Fsp3) is 0.143. The molecular formula is C21H17BrN2O2. The standard InChI is InChI=1S/C21H17BrN2O2/c22-17-5-6-20-18(13-17)19(9-12-26-20)24-21(25)16-3-1-14(2-4-16)15-7-10-23-11-8-15/h1-8,10-11,13,19H,9,12H2,(H,24,25)/t19-/m0/s1. The van der Waals surface area contributed by atoms with Crippen molar-refractivity contribution in [2.45, 2.75) is 12.5 Å². The second-order valence-electron chi connectivity index (χ2n) is 6.16. The minimum absolute atomic E-state index is 0.0522. The molecule has 0 saturated carbocycles. The predicted octanol–water partition coefficient (Wildman–Crippen LogP) is 4.76. The van der Waals surface area contributed by atoms with Gasteiger partial charge in [-0.25, -0.2) is 0 Å². The van der Waals surface area contributed by atoms with Gasteiger partial charge in [0.25, 0.3) is 5.91 Å². The molecule has 3 aromatic rings. The van der Waals surface area contributed by atoms with Crippen LogP contribution in [0.2, 0.25) is 0 Å². The van der Waals surface area contributed by atoms with Crippen molar-refractivity contribution in [2.24, 2.45) is 0 Å². The fourth-order valence-electron chi connectivity index (χ4n) is 3.12. The number of aromatic nitrogens is 1. The first kappa shape index (κ1) is 16.8. The summed E-state index contributed by atoms with van der Waals surface area (Å²) >= 11 is 3.49. The van der Waals surface area contributed by atoms with Gasteiger partial charge in [0.15, 0.2) is 0 Å². The topological polar surface area (TPSA) is 51.2 Å².